The Morgan fingerprint density at radius 2 is 1.68 bits per heavy atom. The van der Waals surface area contributed by atoms with E-state index in [1.165, 1.54) is 28.6 Å². The summed E-state index contributed by atoms with van der Waals surface area (Å²) in [5, 5.41) is 9.59. The van der Waals surface area contributed by atoms with Crippen molar-refractivity contribution in [3.63, 3.8) is 0 Å². The number of hydrogen-bond donors (Lipinski definition) is 3. The number of benzene rings is 3. The fraction of sp³-hybridized carbons (Fsp3) is 0.200. The Morgan fingerprint density at radius 3 is 2.24 bits per heavy atom. The number of aliphatic carboxylic acids is 1. The number of nitrogens with zero attached hydrogens (tertiary/aromatic N) is 1. The van der Waals surface area contributed by atoms with Gasteiger partial charge in [-0.3, -0.25) is 9.59 Å². The number of hydrogen-bond acceptors (Lipinski definition) is 6. The van der Waals surface area contributed by atoms with Crippen molar-refractivity contribution in [2.75, 3.05) is 13.1 Å². The number of primary amides is 1. The van der Waals surface area contributed by atoms with Crippen LogP contribution in [0.5, 0.6) is 5.75 Å². The lowest BCUT2D eigenvalue weighted by molar-refractivity contribution is -0.138. The maximum Gasteiger partial charge on any atom is 0.320 e. The summed E-state index contributed by atoms with van der Waals surface area (Å²) >= 11 is 6.05. The van der Waals surface area contributed by atoms with Gasteiger partial charge in [0.1, 0.15) is 11.8 Å². The summed E-state index contributed by atoms with van der Waals surface area (Å²) in [4.78, 5) is 22.5. The highest BCUT2D eigenvalue weighted by Gasteiger charge is 2.52. The number of ether oxygens (including phenoxy) is 1. The molecule has 1 amide bonds. The van der Waals surface area contributed by atoms with Gasteiger partial charge in [0.2, 0.25) is 15.9 Å². The first-order valence-electron chi connectivity index (χ1n) is 10.9. The molecule has 1 aliphatic rings. The molecule has 0 unspecified atom stereocenters. The molecule has 5 N–H and O–H groups in total. The van der Waals surface area contributed by atoms with Crippen molar-refractivity contribution in [2.45, 2.75) is 23.0 Å². The molecule has 0 bridgehead atoms. The number of sulfonamides is 1. The highest BCUT2D eigenvalue weighted by atomic mass is 35.5. The van der Waals surface area contributed by atoms with Crippen molar-refractivity contribution in [3.8, 4) is 5.75 Å². The van der Waals surface area contributed by atoms with Crippen LogP contribution in [0, 0.1) is 0 Å². The molecule has 12 heteroatoms. The Balaban J connectivity index is 0.00000380. The first-order valence-corrected chi connectivity index (χ1v) is 12.7. The van der Waals surface area contributed by atoms with Crippen molar-refractivity contribution in [1.82, 2.24) is 4.31 Å². The Bertz CT molecular complexity index is 1390. The van der Waals surface area contributed by atoms with Gasteiger partial charge in [0, 0.05) is 10.6 Å². The van der Waals surface area contributed by atoms with E-state index in [4.69, 9.17) is 32.9 Å². The predicted molar refractivity (Wildman–Crippen MR) is 140 cm³/mol. The minimum Gasteiger partial charge on any atom is -0.480 e. The number of nitrogens with two attached hydrogens (primary N) is 2. The zero-order chi connectivity index (χ0) is 26.1. The molecule has 0 aromatic heterocycles. The van der Waals surface area contributed by atoms with Gasteiger partial charge in [-0.2, -0.15) is 4.31 Å². The van der Waals surface area contributed by atoms with E-state index in [2.05, 4.69) is 0 Å². The molecule has 3 aromatic rings. The van der Waals surface area contributed by atoms with Gasteiger partial charge in [0.25, 0.3) is 0 Å². The number of carbonyl (C=O) groups excluding carboxylic acids is 1. The Hall–Kier alpha value is -3.15. The molecule has 0 aliphatic carbocycles. The molecule has 37 heavy (non-hydrogen) atoms. The largest absolute Gasteiger partial charge is 0.480 e. The molecular formula is C25H25Cl2N3O6S. The molecule has 0 spiro atoms. The minimum absolute atomic E-state index is 0. The standard InChI is InChI=1S/C25H24ClN3O6S.ClH/c26-19-8-6-18(7-9-19)25(35-20-10-4-17(5-11-20)23(28)30)14-29(15-25)36(33,34)21-3-1-2-16(12-21)13-22(27)24(31)32;/h1-12,22H,13-15,27H2,(H2,28,30)(H,31,32);1H/t22-;/m0./s1. The summed E-state index contributed by atoms with van der Waals surface area (Å²) in [7, 11) is -3.90. The fourth-order valence-electron chi connectivity index (χ4n) is 3.99. The normalized spacial score (nSPS) is 15.6. The Labute approximate surface area is 225 Å². The molecule has 196 valence electrons. The maximum atomic E-state index is 13.4. The second-order valence-electron chi connectivity index (χ2n) is 8.56. The monoisotopic (exact) mass is 565 g/mol. The van der Waals surface area contributed by atoms with E-state index in [9.17, 15) is 18.0 Å². The number of carbonyl (C=O) groups is 2. The van der Waals surface area contributed by atoms with Gasteiger partial charge in [0.05, 0.1) is 18.0 Å². The van der Waals surface area contributed by atoms with Gasteiger partial charge >= 0.3 is 5.97 Å². The quantitative estimate of drug-likeness (QED) is 0.360. The third-order valence-electron chi connectivity index (χ3n) is 5.99. The lowest BCUT2D eigenvalue weighted by Crippen LogP contribution is -2.64. The van der Waals surface area contributed by atoms with E-state index in [0.717, 1.165) is 5.56 Å². The zero-order valence-electron chi connectivity index (χ0n) is 19.4. The maximum absolute atomic E-state index is 13.4. The van der Waals surface area contributed by atoms with E-state index in [-0.39, 0.29) is 36.8 Å². The van der Waals surface area contributed by atoms with Crippen LogP contribution in [-0.4, -0.2) is 48.8 Å². The molecule has 4 rings (SSSR count). The molecule has 1 fully saturated rings. The first kappa shape index (κ1) is 28.4. The van der Waals surface area contributed by atoms with Crippen LogP contribution >= 0.6 is 24.0 Å². The second-order valence-corrected chi connectivity index (χ2v) is 10.9. The van der Waals surface area contributed by atoms with Crippen molar-refractivity contribution >= 4 is 45.9 Å². The number of halogens is 2. The van der Waals surface area contributed by atoms with E-state index in [0.29, 0.717) is 21.9 Å². The molecule has 1 aliphatic heterocycles. The molecule has 3 aromatic carbocycles. The van der Waals surface area contributed by atoms with E-state index in [1.54, 1.807) is 48.5 Å². The van der Waals surface area contributed by atoms with Gasteiger partial charge in [-0.1, -0.05) is 35.9 Å². The highest BCUT2D eigenvalue weighted by molar-refractivity contribution is 7.89. The van der Waals surface area contributed by atoms with Crippen LogP contribution in [0.3, 0.4) is 0 Å². The van der Waals surface area contributed by atoms with Gasteiger partial charge < -0.3 is 21.3 Å². The Morgan fingerprint density at radius 1 is 1.05 bits per heavy atom. The van der Waals surface area contributed by atoms with Crippen LogP contribution in [0.15, 0.2) is 77.7 Å². The number of carboxylic acids is 1. The number of amides is 1. The van der Waals surface area contributed by atoms with Crippen molar-refractivity contribution < 1.29 is 27.9 Å². The van der Waals surface area contributed by atoms with Crippen LogP contribution in [0.1, 0.15) is 21.5 Å². The van der Waals surface area contributed by atoms with Crippen LogP contribution in [0.4, 0.5) is 0 Å². The smallest absolute Gasteiger partial charge is 0.320 e. The number of carboxylic acid groups (broad SMARTS) is 1. The summed E-state index contributed by atoms with van der Waals surface area (Å²) in [5.74, 6) is -1.29. The third-order valence-corrected chi connectivity index (χ3v) is 8.03. The topological polar surface area (TPSA) is 153 Å². The van der Waals surface area contributed by atoms with Crippen LogP contribution < -0.4 is 16.2 Å². The van der Waals surface area contributed by atoms with Crippen molar-refractivity contribution in [2.24, 2.45) is 11.5 Å². The van der Waals surface area contributed by atoms with E-state index >= 15 is 0 Å². The fourth-order valence-corrected chi connectivity index (χ4v) is 5.72. The zero-order valence-corrected chi connectivity index (χ0v) is 21.8. The molecule has 1 atom stereocenters. The minimum atomic E-state index is -3.90. The van der Waals surface area contributed by atoms with Crippen LogP contribution in [0.2, 0.25) is 5.02 Å². The molecule has 1 heterocycles. The van der Waals surface area contributed by atoms with Crippen molar-refractivity contribution in [3.05, 3.63) is 94.5 Å². The SMILES string of the molecule is Cl.NC(=O)c1ccc(OC2(c3ccc(Cl)cc3)CN(S(=O)(=O)c3cccc(C[C@H](N)C(=O)O)c3)C2)cc1. The van der Waals surface area contributed by atoms with Crippen molar-refractivity contribution in [1.29, 1.82) is 0 Å². The summed E-state index contributed by atoms with van der Waals surface area (Å²) in [6, 6.07) is 18.2. The van der Waals surface area contributed by atoms with Crippen LogP contribution in [0.25, 0.3) is 0 Å². The summed E-state index contributed by atoms with van der Waals surface area (Å²) in [6.45, 7) is 0.0425. The van der Waals surface area contributed by atoms with E-state index < -0.39 is 33.5 Å². The van der Waals surface area contributed by atoms with Crippen LogP contribution in [-0.2, 0) is 26.8 Å². The lowest BCUT2D eigenvalue weighted by Gasteiger charge is -2.49. The average molecular weight is 566 g/mol. The predicted octanol–water partition coefficient (Wildman–Crippen LogP) is 2.79. The third kappa shape index (κ3) is 6.06. The molecule has 0 saturated carbocycles. The van der Waals surface area contributed by atoms with Gasteiger partial charge in [-0.15, -0.1) is 12.4 Å². The van der Waals surface area contributed by atoms with Gasteiger partial charge in [-0.25, -0.2) is 8.42 Å². The molecule has 0 radical (unpaired) electrons. The van der Waals surface area contributed by atoms with Gasteiger partial charge in [-0.05, 0) is 66.1 Å². The average Bonchev–Trinajstić information content (AvgIpc) is 2.82. The summed E-state index contributed by atoms with van der Waals surface area (Å²) in [6.07, 6.45) is -0.00217. The van der Waals surface area contributed by atoms with Gasteiger partial charge in [0.15, 0.2) is 5.60 Å². The van der Waals surface area contributed by atoms with E-state index in [1.807, 2.05) is 0 Å². The summed E-state index contributed by atoms with van der Waals surface area (Å²) < 4.78 is 34.3. The molecular weight excluding hydrogens is 541 g/mol. The molecule has 9 nitrogen and oxygen atoms in total. The lowest BCUT2D eigenvalue weighted by atomic mass is 9.87. The second kappa shape index (κ2) is 11.1. The summed E-state index contributed by atoms with van der Waals surface area (Å²) in [5.41, 5.74) is 11.5. The Kier molecular flexibility index (Phi) is 8.51. The number of rotatable bonds is 9. The molecule has 1 saturated heterocycles. The highest BCUT2D eigenvalue weighted by Crippen LogP contribution is 2.40. The first-order chi connectivity index (χ1) is 17.0.